The molecule has 1 amide bonds. The largest absolute Gasteiger partial charge is 0.355 e. The lowest BCUT2D eigenvalue weighted by atomic mass is 9.97. The summed E-state index contributed by atoms with van der Waals surface area (Å²) in [5, 5.41) is 6.88. The van der Waals surface area contributed by atoms with Crippen LogP contribution in [0.3, 0.4) is 0 Å². The van der Waals surface area contributed by atoms with Gasteiger partial charge in [-0.15, -0.1) is 11.8 Å². The first-order chi connectivity index (χ1) is 16.8. The number of carbonyl (C=O) groups is 1. The third-order valence-electron chi connectivity index (χ3n) is 6.10. The summed E-state index contributed by atoms with van der Waals surface area (Å²) >= 11 is 1.61. The highest BCUT2D eigenvalue weighted by molar-refractivity contribution is 7.98. The predicted molar refractivity (Wildman–Crippen MR) is 140 cm³/mol. The Bertz CT molecular complexity index is 1320. The number of rotatable bonds is 7. The van der Waals surface area contributed by atoms with Gasteiger partial charge in [-0.2, -0.15) is 4.31 Å². The first-order valence-electron chi connectivity index (χ1n) is 11.4. The highest BCUT2D eigenvalue weighted by Crippen LogP contribution is 2.30. The summed E-state index contributed by atoms with van der Waals surface area (Å²) in [7, 11) is -3.82. The van der Waals surface area contributed by atoms with Crippen LogP contribution in [-0.2, 0) is 14.8 Å². The summed E-state index contributed by atoms with van der Waals surface area (Å²) in [6.07, 6.45) is 6.33. The number of anilines is 1. The SMILES string of the molecule is CSc1cccc(NC(=O)C2CCN(S(=O)(=O)c3c(C)noc3/C=C/c3ccc(C)cc3)CC2)c1. The molecule has 2 heterocycles. The first-order valence-corrected chi connectivity index (χ1v) is 14.1. The molecular weight excluding hydrogens is 482 g/mol. The molecule has 2 aromatic carbocycles. The van der Waals surface area contributed by atoms with Gasteiger partial charge in [-0.05, 0) is 62.8 Å². The van der Waals surface area contributed by atoms with Crippen LogP contribution >= 0.6 is 11.8 Å². The summed E-state index contributed by atoms with van der Waals surface area (Å²) in [4.78, 5) is 13.9. The maximum absolute atomic E-state index is 13.5. The molecule has 1 saturated heterocycles. The smallest absolute Gasteiger partial charge is 0.248 e. The number of thioether (sulfide) groups is 1. The third-order valence-corrected chi connectivity index (χ3v) is 8.88. The molecule has 1 fully saturated rings. The average Bonchev–Trinajstić information content (AvgIpc) is 3.25. The number of aromatic nitrogens is 1. The Hall–Kier alpha value is -2.88. The zero-order chi connectivity index (χ0) is 25.0. The van der Waals surface area contributed by atoms with E-state index in [0.29, 0.717) is 18.5 Å². The van der Waals surface area contributed by atoms with E-state index in [1.54, 1.807) is 30.8 Å². The van der Waals surface area contributed by atoms with Crippen molar-refractivity contribution in [2.75, 3.05) is 24.7 Å². The quantitative estimate of drug-likeness (QED) is 0.437. The van der Waals surface area contributed by atoms with Gasteiger partial charge in [-0.1, -0.05) is 47.1 Å². The molecule has 4 rings (SSSR count). The van der Waals surface area contributed by atoms with E-state index in [2.05, 4.69) is 10.5 Å². The van der Waals surface area contributed by atoms with Crippen LogP contribution in [-0.4, -0.2) is 43.1 Å². The number of hydrogen-bond acceptors (Lipinski definition) is 6. The number of hydrogen-bond donors (Lipinski definition) is 1. The molecule has 1 N–H and O–H groups in total. The molecule has 9 heteroatoms. The van der Waals surface area contributed by atoms with Crippen LogP contribution in [0.2, 0.25) is 0 Å². The summed E-state index contributed by atoms with van der Waals surface area (Å²) in [6, 6.07) is 15.6. The highest BCUT2D eigenvalue weighted by Gasteiger charge is 2.36. The predicted octanol–water partition coefficient (Wildman–Crippen LogP) is 5.22. The minimum atomic E-state index is -3.82. The molecule has 7 nitrogen and oxygen atoms in total. The number of carbonyl (C=O) groups excluding carboxylic acids is 1. The summed E-state index contributed by atoms with van der Waals surface area (Å²) in [5.41, 5.74) is 3.15. The van der Waals surface area contributed by atoms with Gasteiger partial charge in [0.15, 0.2) is 10.7 Å². The van der Waals surface area contributed by atoms with Crippen molar-refractivity contribution in [2.24, 2.45) is 5.92 Å². The standard InChI is InChI=1S/C26H29N3O4S2/c1-18-7-9-20(10-8-18)11-12-24-25(19(2)28-33-24)35(31,32)29-15-13-21(14-16-29)26(30)27-22-5-4-6-23(17-22)34-3/h4-12,17,21H,13-16H2,1-3H3,(H,27,30)/b12-11+. The van der Waals surface area contributed by atoms with Gasteiger partial charge >= 0.3 is 0 Å². The molecule has 0 spiro atoms. The van der Waals surface area contributed by atoms with Crippen LogP contribution in [0.4, 0.5) is 5.69 Å². The van der Waals surface area contributed by atoms with E-state index in [1.807, 2.05) is 61.7 Å². The Kier molecular flexibility index (Phi) is 7.78. The molecule has 0 atom stereocenters. The van der Waals surface area contributed by atoms with Gasteiger partial charge in [0.2, 0.25) is 15.9 Å². The van der Waals surface area contributed by atoms with Gasteiger partial charge in [-0.3, -0.25) is 4.79 Å². The number of piperidine rings is 1. The molecule has 1 aromatic heterocycles. The number of nitrogens with one attached hydrogen (secondary N) is 1. The molecule has 0 unspecified atom stereocenters. The van der Waals surface area contributed by atoms with Crippen LogP contribution in [0, 0.1) is 19.8 Å². The lowest BCUT2D eigenvalue weighted by molar-refractivity contribution is -0.120. The number of aryl methyl sites for hydroxylation is 2. The van der Waals surface area contributed by atoms with Gasteiger partial charge in [0.1, 0.15) is 5.69 Å². The second-order valence-corrected chi connectivity index (χ2v) is 11.4. The van der Waals surface area contributed by atoms with E-state index in [1.165, 1.54) is 4.31 Å². The zero-order valence-corrected chi connectivity index (χ0v) is 21.7. The summed E-state index contributed by atoms with van der Waals surface area (Å²) < 4.78 is 33.7. The van der Waals surface area contributed by atoms with Crippen LogP contribution in [0.5, 0.6) is 0 Å². The van der Waals surface area contributed by atoms with Gasteiger partial charge in [0.25, 0.3) is 0 Å². The minimum absolute atomic E-state index is 0.0804. The van der Waals surface area contributed by atoms with Crippen LogP contribution in [0.15, 0.2) is 62.8 Å². The van der Waals surface area contributed by atoms with Crippen molar-refractivity contribution in [1.82, 2.24) is 9.46 Å². The molecule has 35 heavy (non-hydrogen) atoms. The van der Waals surface area contributed by atoms with Crippen molar-refractivity contribution in [3.05, 3.63) is 71.1 Å². The topological polar surface area (TPSA) is 92.5 Å². The number of amides is 1. The fourth-order valence-electron chi connectivity index (χ4n) is 4.08. The van der Waals surface area contributed by atoms with Crippen LogP contribution in [0.1, 0.15) is 35.4 Å². The Labute approximate surface area is 210 Å². The highest BCUT2D eigenvalue weighted by atomic mass is 32.2. The second-order valence-electron chi connectivity index (χ2n) is 8.60. The van der Waals surface area contributed by atoms with Crippen molar-refractivity contribution in [1.29, 1.82) is 0 Å². The molecule has 0 bridgehead atoms. The van der Waals surface area contributed by atoms with Crippen molar-refractivity contribution >= 4 is 45.5 Å². The molecule has 184 valence electrons. The monoisotopic (exact) mass is 511 g/mol. The van der Waals surface area contributed by atoms with Gasteiger partial charge in [0, 0.05) is 29.6 Å². The van der Waals surface area contributed by atoms with E-state index in [4.69, 9.17) is 4.52 Å². The number of benzene rings is 2. The summed E-state index contributed by atoms with van der Waals surface area (Å²) in [6.45, 7) is 4.16. The molecule has 1 aliphatic rings. The lowest BCUT2D eigenvalue weighted by Crippen LogP contribution is -2.41. The fourth-order valence-corrected chi connectivity index (χ4v) is 6.26. The van der Waals surface area contributed by atoms with Crippen molar-refractivity contribution in [2.45, 2.75) is 36.5 Å². The lowest BCUT2D eigenvalue weighted by Gasteiger charge is -2.30. The van der Waals surface area contributed by atoms with Crippen molar-refractivity contribution in [3.8, 4) is 0 Å². The normalized spacial score (nSPS) is 15.5. The van der Waals surface area contributed by atoms with Crippen molar-refractivity contribution < 1.29 is 17.7 Å². The maximum Gasteiger partial charge on any atom is 0.248 e. The number of nitrogens with zero attached hydrogens (tertiary/aromatic N) is 2. The second kappa shape index (κ2) is 10.8. The minimum Gasteiger partial charge on any atom is -0.355 e. The molecular formula is C26H29N3O4S2. The van der Waals surface area contributed by atoms with Gasteiger partial charge < -0.3 is 9.84 Å². The summed E-state index contributed by atoms with van der Waals surface area (Å²) in [5.74, 6) is -0.122. The maximum atomic E-state index is 13.5. The van der Waals surface area contributed by atoms with Crippen molar-refractivity contribution in [3.63, 3.8) is 0 Å². The first kappa shape index (κ1) is 25.2. The molecule has 1 aliphatic heterocycles. The van der Waals surface area contributed by atoms with E-state index in [0.717, 1.165) is 21.7 Å². The molecule has 3 aromatic rings. The van der Waals surface area contributed by atoms with E-state index in [9.17, 15) is 13.2 Å². The van der Waals surface area contributed by atoms with E-state index < -0.39 is 10.0 Å². The third kappa shape index (κ3) is 5.86. The average molecular weight is 512 g/mol. The van der Waals surface area contributed by atoms with Crippen LogP contribution < -0.4 is 5.32 Å². The molecule has 0 aliphatic carbocycles. The van der Waals surface area contributed by atoms with Gasteiger partial charge in [0.05, 0.1) is 0 Å². The Morgan fingerprint density at radius 2 is 1.83 bits per heavy atom. The Morgan fingerprint density at radius 3 is 2.51 bits per heavy atom. The Morgan fingerprint density at radius 1 is 1.11 bits per heavy atom. The zero-order valence-electron chi connectivity index (χ0n) is 20.0. The number of sulfonamides is 1. The fraction of sp³-hybridized carbons (Fsp3) is 0.308. The van der Waals surface area contributed by atoms with E-state index >= 15 is 0 Å². The Balaban J connectivity index is 1.44. The van der Waals surface area contributed by atoms with Crippen LogP contribution in [0.25, 0.3) is 12.2 Å². The van der Waals surface area contributed by atoms with Gasteiger partial charge in [-0.25, -0.2) is 8.42 Å². The molecule has 0 radical (unpaired) electrons. The molecule has 0 saturated carbocycles. The van der Waals surface area contributed by atoms with E-state index in [-0.39, 0.29) is 35.6 Å².